The first-order chi connectivity index (χ1) is 9.85. The van der Waals surface area contributed by atoms with Crippen LogP contribution < -0.4 is 4.90 Å². The fraction of sp³-hybridized carbons (Fsp3) is 0.538. The van der Waals surface area contributed by atoms with Crippen molar-refractivity contribution in [3.8, 4) is 0 Å². The Morgan fingerprint density at radius 2 is 1.86 bits per heavy atom. The van der Waals surface area contributed by atoms with Crippen molar-refractivity contribution in [3.63, 3.8) is 0 Å². The summed E-state index contributed by atoms with van der Waals surface area (Å²) in [5, 5.41) is 11.3. The normalized spacial score (nSPS) is 17.0. The Morgan fingerprint density at radius 1 is 1.24 bits per heavy atom. The van der Waals surface area contributed by atoms with Gasteiger partial charge in [-0.05, 0) is 19.2 Å². The van der Waals surface area contributed by atoms with Gasteiger partial charge in [-0.1, -0.05) is 6.92 Å². The number of nitro groups is 1. The maximum atomic E-state index is 11.9. The fourth-order valence-electron chi connectivity index (χ4n) is 2.32. The molecule has 0 spiro atoms. The number of benzene rings is 1. The number of nitro benzene ring substituents is 1. The molecule has 0 aromatic heterocycles. The molecule has 0 atom stereocenters. The van der Waals surface area contributed by atoms with Crippen LogP contribution in [0.15, 0.2) is 23.1 Å². The van der Waals surface area contributed by atoms with Crippen LogP contribution in [0.3, 0.4) is 0 Å². The van der Waals surface area contributed by atoms with E-state index in [4.69, 9.17) is 0 Å². The highest BCUT2D eigenvalue weighted by Crippen LogP contribution is 2.31. The lowest BCUT2D eigenvalue weighted by Gasteiger charge is -2.33. The van der Waals surface area contributed by atoms with Crippen LogP contribution in [0.1, 0.15) is 6.92 Å². The molecule has 21 heavy (non-hydrogen) atoms. The minimum Gasteiger partial charge on any atom is -0.363 e. The van der Waals surface area contributed by atoms with Gasteiger partial charge in [0.15, 0.2) is 9.84 Å². The molecule has 116 valence electrons. The van der Waals surface area contributed by atoms with Crippen LogP contribution in [0, 0.1) is 10.1 Å². The van der Waals surface area contributed by atoms with Crippen molar-refractivity contribution in [3.05, 3.63) is 28.3 Å². The number of piperazine rings is 1. The third-order valence-electron chi connectivity index (χ3n) is 3.73. The van der Waals surface area contributed by atoms with Crippen molar-refractivity contribution < 1.29 is 13.3 Å². The van der Waals surface area contributed by atoms with E-state index in [1.54, 1.807) is 6.07 Å². The number of likely N-dealkylation sites (N-methyl/N-ethyl adjacent to an activating group) is 1. The van der Waals surface area contributed by atoms with Gasteiger partial charge in [-0.2, -0.15) is 0 Å². The topological polar surface area (TPSA) is 83.8 Å². The Hall–Kier alpha value is -1.67. The molecule has 0 unspecified atom stereocenters. The molecule has 0 amide bonds. The van der Waals surface area contributed by atoms with Crippen molar-refractivity contribution in [1.29, 1.82) is 0 Å². The number of nitrogens with zero attached hydrogens (tertiary/aromatic N) is 3. The summed E-state index contributed by atoms with van der Waals surface area (Å²) >= 11 is 0. The molecular formula is C13H19N3O4S. The second-order valence-corrected chi connectivity index (χ2v) is 7.38. The van der Waals surface area contributed by atoms with Gasteiger partial charge in [0.1, 0.15) is 5.69 Å². The maximum absolute atomic E-state index is 11.9. The van der Waals surface area contributed by atoms with E-state index in [2.05, 4.69) is 4.90 Å². The maximum Gasteiger partial charge on any atom is 0.293 e. The quantitative estimate of drug-likeness (QED) is 0.612. The van der Waals surface area contributed by atoms with Gasteiger partial charge in [-0.3, -0.25) is 10.1 Å². The minimum atomic E-state index is -3.44. The van der Waals surface area contributed by atoms with Crippen LogP contribution in [0.25, 0.3) is 0 Å². The molecule has 0 saturated carbocycles. The van der Waals surface area contributed by atoms with Gasteiger partial charge < -0.3 is 9.80 Å². The first kappa shape index (κ1) is 15.7. The second-order valence-electron chi connectivity index (χ2n) is 5.10. The smallest absolute Gasteiger partial charge is 0.293 e. The molecule has 7 nitrogen and oxygen atoms in total. The molecule has 0 aliphatic carbocycles. The standard InChI is InChI=1S/C13H19N3O4S/c1-3-21(19,20)11-4-5-12(13(10-11)16(17)18)15-8-6-14(2)7-9-15/h4-5,10H,3,6-9H2,1-2H3. The first-order valence-electron chi connectivity index (χ1n) is 6.80. The molecule has 0 N–H and O–H groups in total. The summed E-state index contributed by atoms with van der Waals surface area (Å²) in [4.78, 5) is 14.8. The highest BCUT2D eigenvalue weighted by atomic mass is 32.2. The number of sulfone groups is 1. The predicted molar refractivity (Wildman–Crippen MR) is 80.5 cm³/mol. The van der Waals surface area contributed by atoms with Crippen LogP contribution in [0.2, 0.25) is 0 Å². The van der Waals surface area contributed by atoms with Crippen molar-refractivity contribution in [2.75, 3.05) is 43.9 Å². The number of hydrogen-bond acceptors (Lipinski definition) is 6. The van der Waals surface area contributed by atoms with Gasteiger partial charge in [-0.15, -0.1) is 0 Å². The van der Waals surface area contributed by atoms with E-state index < -0.39 is 14.8 Å². The molecule has 0 bridgehead atoms. The number of rotatable bonds is 4. The first-order valence-corrected chi connectivity index (χ1v) is 8.45. The van der Waals surface area contributed by atoms with Crippen molar-refractivity contribution in [2.45, 2.75) is 11.8 Å². The third kappa shape index (κ3) is 3.33. The number of anilines is 1. The highest BCUT2D eigenvalue weighted by Gasteiger charge is 2.25. The van der Waals surface area contributed by atoms with Gasteiger partial charge in [-0.25, -0.2) is 8.42 Å². The SMILES string of the molecule is CCS(=O)(=O)c1ccc(N2CCN(C)CC2)c([N+](=O)[O-])c1. The average molecular weight is 313 g/mol. The van der Waals surface area contributed by atoms with E-state index in [1.165, 1.54) is 19.1 Å². The zero-order valence-electron chi connectivity index (χ0n) is 12.2. The Morgan fingerprint density at radius 3 is 2.38 bits per heavy atom. The number of hydrogen-bond donors (Lipinski definition) is 0. The zero-order valence-corrected chi connectivity index (χ0v) is 13.0. The lowest BCUT2D eigenvalue weighted by atomic mass is 10.2. The lowest BCUT2D eigenvalue weighted by Crippen LogP contribution is -2.44. The van der Waals surface area contributed by atoms with Crippen LogP contribution in [-0.4, -0.2) is 57.2 Å². The molecule has 2 rings (SSSR count). The van der Waals surface area contributed by atoms with Crippen molar-refractivity contribution in [2.24, 2.45) is 0 Å². The summed E-state index contributed by atoms with van der Waals surface area (Å²) in [5.41, 5.74) is 0.345. The van der Waals surface area contributed by atoms with Gasteiger partial charge in [0.05, 0.1) is 15.6 Å². The van der Waals surface area contributed by atoms with Crippen LogP contribution in [-0.2, 0) is 9.84 Å². The summed E-state index contributed by atoms with van der Waals surface area (Å²) in [6, 6.07) is 4.18. The van der Waals surface area contributed by atoms with E-state index in [9.17, 15) is 18.5 Å². The van der Waals surface area contributed by atoms with Crippen LogP contribution in [0.5, 0.6) is 0 Å². The summed E-state index contributed by atoms with van der Waals surface area (Å²) in [6.07, 6.45) is 0. The average Bonchev–Trinajstić information content (AvgIpc) is 2.47. The molecule has 1 aliphatic heterocycles. The lowest BCUT2D eigenvalue weighted by molar-refractivity contribution is -0.384. The van der Waals surface area contributed by atoms with E-state index in [0.717, 1.165) is 13.1 Å². The van der Waals surface area contributed by atoms with Gasteiger partial charge in [0, 0.05) is 32.2 Å². The van der Waals surface area contributed by atoms with E-state index in [1.807, 2.05) is 11.9 Å². The summed E-state index contributed by atoms with van der Waals surface area (Å²) < 4.78 is 23.7. The fourth-order valence-corrected chi connectivity index (χ4v) is 3.22. The van der Waals surface area contributed by atoms with Gasteiger partial charge in [0.2, 0.25) is 0 Å². The Labute approximate surface area is 124 Å². The Balaban J connectivity index is 2.41. The van der Waals surface area contributed by atoms with Crippen LogP contribution >= 0.6 is 0 Å². The van der Waals surface area contributed by atoms with E-state index in [-0.39, 0.29) is 16.3 Å². The Bertz CT molecular complexity index is 637. The van der Waals surface area contributed by atoms with Gasteiger partial charge >= 0.3 is 0 Å². The van der Waals surface area contributed by atoms with E-state index in [0.29, 0.717) is 18.8 Å². The Kier molecular flexibility index (Phi) is 4.48. The summed E-state index contributed by atoms with van der Waals surface area (Å²) in [7, 11) is -1.44. The molecule has 1 aliphatic rings. The van der Waals surface area contributed by atoms with Crippen molar-refractivity contribution in [1.82, 2.24) is 4.90 Å². The molecule has 1 fully saturated rings. The zero-order chi connectivity index (χ0) is 15.6. The molecule has 1 saturated heterocycles. The highest BCUT2D eigenvalue weighted by molar-refractivity contribution is 7.91. The monoisotopic (exact) mass is 313 g/mol. The molecular weight excluding hydrogens is 294 g/mol. The largest absolute Gasteiger partial charge is 0.363 e. The predicted octanol–water partition coefficient (Wildman–Crippen LogP) is 1.14. The minimum absolute atomic E-state index is 0.00887. The third-order valence-corrected chi connectivity index (χ3v) is 5.46. The molecule has 1 heterocycles. The molecule has 0 radical (unpaired) electrons. The van der Waals surface area contributed by atoms with Crippen molar-refractivity contribution >= 4 is 21.2 Å². The second kappa shape index (κ2) is 5.98. The van der Waals surface area contributed by atoms with Gasteiger partial charge in [0.25, 0.3) is 5.69 Å². The molecule has 1 aromatic rings. The summed E-state index contributed by atoms with van der Waals surface area (Å²) in [6.45, 7) is 4.56. The molecule has 1 aromatic carbocycles. The summed E-state index contributed by atoms with van der Waals surface area (Å²) in [5.74, 6) is -0.0714. The molecule has 8 heteroatoms. The van der Waals surface area contributed by atoms with E-state index >= 15 is 0 Å². The van der Waals surface area contributed by atoms with Crippen LogP contribution in [0.4, 0.5) is 11.4 Å².